The Morgan fingerprint density at radius 2 is 2.00 bits per heavy atom. The Labute approximate surface area is 136 Å². The molecule has 0 bridgehead atoms. The first kappa shape index (κ1) is 14.5. The summed E-state index contributed by atoms with van der Waals surface area (Å²) in [6.07, 6.45) is 0. The number of nitrogens with one attached hydrogen (secondary N) is 1. The Kier molecular flexibility index (Phi) is 3.45. The van der Waals surface area contributed by atoms with Crippen LogP contribution in [-0.2, 0) is 11.3 Å². The smallest absolute Gasteiger partial charge is 0.224 e. The number of aromatic nitrogens is 2. The Morgan fingerprint density at radius 1 is 1.22 bits per heavy atom. The number of carbonyl (C=O) groups excluding carboxylic acids is 1. The normalized spacial score (nSPS) is 24.0. The molecule has 0 aliphatic carbocycles. The number of carbonyl (C=O) groups is 1. The predicted molar refractivity (Wildman–Crippen MR) is 88.3 cm³/mol. The van der Waals surface area contributed by atoms with Crippen molar-refractivity contribution in [2.75, 3.05) is 19.6 Å². The van der Waals surface area contributed by atoms with E-state index in [1.165, 1.54) is 11.3 Å². The standard InChI is InChI=1S/C18H22N4O/c1-12-16(10-21-9-14-8-19-18(23)17(14)11-21)13(2)22(20-12)15-6-4-3-5-7-15/h3-7,14,17H,8-11H2,1-2H3,(H,19,23)/t14-,17+/m0/s1. The van der Waals surface area contributed by atoms with Crippen molar-refractivity contribution in [2.24, 2.45) is 11.8 Å². The van der Waals surface area contributed by atoms with E-state index in [2.05, 4.69) is 36.2 Å². The maximum absolute atomic E-state index is 11.8. The number of hydrogen-bond acceptors (Lipinski definition) is 3. The predicted octanol–water partition coefficient (Wildman–Crippen LogP) is 1.67. The maximum Gasteiger partial charge on any atom is 0.224 e. The van der Waals surface area contributed by atoms with Crippen LogP contribution in [0.2, 0.25) is 0 Å². The number of nitrogens with zero attached hydrogens (tertiary/aromatic N) is 3. The summed E-state index contributed by atoms with van der Waals surface area (Å²) in [4.78, 5) is 14.2. The molecule has 0 unspecified atom stereocenters. The summed E-state index contributed by atoms with van der Waals surface area (Å²) in [6.45, 7) is 7.79. The molecule has 5 nitrogen and oxygen atoms in total. The third-order valence-electron chi connectivity index (χ3n) is 5.22. The van der Waals surface area contributed by atoms with E-state index in [0.717, 1.165) is 37.6 Å². The van der Waals surface area contributed by atoms with Crippen molar-refractivity contribution in [3.05, 3.63) is 47.3 Å². The first-order chi connectivity index (χ1) is 11.1. The third kappa shape index (κ3) is 2.45. The van der Waals surface area contributed by atoms with E-state index in [4.69, 9.17) is 5.10 Å². The van der Waals surface area contributed by atoms with Gasteiger partial charge in [0.05, 0.1) is 17.3 Å². The molecule has 2 aromatic rings. The quantitative estimate of drug-likeness (QED) is 0.938. The van der Waals surface area contributed by atoms with Crippen molar-refractivity contribution in [3.8, 4) is 5.69 Å². The highest BCUT2D eigenvalue weighted by Gasteiger charge is 2.42. The fourth-order valence-electron chi connectivity index (χ4n) is 3.90. The topological polar surface area (TPSA) is 50.2 Å². The molecular weight excluding hydrogens is 288 g/mol. The fourth-order valence-corrected chi connectivity index (χ4v) is 3.90. The molecule has 1 amide bonds. The Hall–Kier alpha value is -2.14. The molecule has 120 valence electrons. The molecule has 1 aromatic heterocycles. The molecule has 2 saturated heterocycles. The lowest BCUT2D eigenvalue weighted by molar-refractivity contribution is -0.122. The second kappa shape index (κ2) is 5.49. The van der Waals surface area contributed by atoms with Crippen molar-refractivity contribution in [1.82, 2.24) is 20.0 Å². The van der Waals surface area contributed by atoms with Gasteiger partial charge in [0.1, 0.15) is 0 Å². The summed E-state index contributed by atoms with van der Waals surface area (Å²) in [6, 6.07) is 10.2. The maximum atomic E-state index is 11.8. The Bertz CT molecular complexity index is 737. The summed E-state index contributed by atoms with van der Waals surface area (Å²) >= 11 is 0. The zero-order valence-corrected chi connectivity index (χ0v) is 13.6. The number of fused-ring (bicyclic) bond motifs is 1. The first-order valence-electron chi connectivity index (χ1n) is 8.24. The minimum absolute atomic E-state index is 0.180. The van der Waals surface area contributed by atoms with Crippen LogP contribution < -0.4 is 5.32 Å². The zero-order chi connectivity index (χ0) is 16.0. The molecule has 23 heavy (non-hydrogen) atoms. The molecule has 3 heterocycles. The van der Waals surface area contributed by atoms with Crippen LogP contribution in [0.25, 0.3) is 5.69 Å². The second-order valence-electron chi connectivity index (χ2n) is 6.70. The molecular formula is C18H22N4O. The lowest BCUT2D eigenvalue weighted by Crippen LogP contribution is -2.28. The van der Waals surface area contributed by atoms with E-state index in [1.54, 1.807) is 0 Å². The van der Waals surface area contributed by atoms with Gasteiger partial charge in [-0.2, -0.15) is 5.10 Å². The van der Waals surface area contributed by atoms with Crippen LogP contribution in [0.3, 0.4) is 0 Å². The molecule has 0 spiro atoms. The van der Waals surface area contributed by atoms with Gasteiger partial charge >= 0.3 is 0 Å². The number of para-hydroxylation sites is 1. The highest BCUT2D eigenvalue weighted by Crippen LogP contribution is 2.29. The van der Waals surface area contributed by atoms with Gasteiger partial charge in [0.25, 0.3) is 0 Å². The second-order valence-corrected chi connectivity index (χ2v) is 6.70. The molecule has 2 aliphatic heterocycles. The number of rotatable bonds is 3. The minimum Gasteiger partial charge on any atom is -0.355 e. The van der Waals surface area contributed by atoms with Crippen molar-refractivity contribution in [2.45, 2.75) is 20.4 Å². The number of likely N-dealkylation sites (tertiary alicyclic amines) is 1. The van der Waals surface area contributed by atoms with Gasteiger partial charge in [-0.15, -0.1) is 0 Å². The fraction of sp³-hybridized carbons (Fsp3) is 0.444. The summed E-state index contributed by atoms with van der Waals surface area (Å²) in [5, 5.41) is 7.69. The summed E-state index contributed by atoms with van der Waals surface area (Å²) in [5.41, 5.74) is 4.65. The van der Waals surface area contributed by atoms with E-state index in [-0.39, 0.29) is 11.8 Å². The van der Waals surface area contributed by atoms with Crippen molar-refractivity contribution >= 4 is 5.91 Å². The molecule has 2 atom stereocenters. The Balaban J connectivity index is 1.56. The highest BCUT2D eigenvalue weighted by molar-refractivity contribution is 5.81. The number of benzene rings is 1. The van der Waals surface area contributed by atoms with E-state index in [9.17, 15) is 4.79 Å². The van der Waals surface area contributed by atoms with Crippen molar-refractivity contribution < 1.29 is 4.79 Å². The summed E-state index contributed by atoms with van der Waals surface area (Å²) in [7, 11) is 0. The minimum atomic E-state index is 0.180. The van der Waals surface area contributed by atoms with Crippen LogP contribution >= 0.6 is 0 Å². The van der Waals surface area contributed by atoms with Gasteiger partial charge < -0.3 is 5.32 Å². The monoisotopic (exact) mass is 310 g/mol. The molecule has 2 fully saturated rings. The lowest BCUT2D eigenvalue weighted by Gasteiger charge is -2.17. The van der Waals surface area contributed by atoms with E-state index >= 15 is 0 Å². The molecule has 0 radical (unpaired) electrons. The molecule has 1 aromatic carbocycles. The van der Waals surface area contributed by atoms with Gasteiger partial charge in [-0.05, 0) is 26.0 Å². The Morgan fingerprint density at radius 3 is 2.74 bits per heavy atom. The molecule has 1 N–H and O–H groups in total. The molecule has 5 heteroatoms. The van der Waals surface area contributed by atoms with Crippen molar-refractivity contribution in [3.63, 3.8) is 0 Å². The van der Waals surface area contributed by atoms with Gasteiger partial charge in [0.2, 0.25) is 5.91 Å². The van der Waals surface area contributed by atoms with Gasteiger partial charge in [-0.3, -0.25) is 9.69 Å². The largest absolute Gasteiger partial charge is 0.355 e. The van der Waals surface area contributed by atoms with E-state index in [1.807, 2.05) is 22.9 Å². The zero-order valence-electron chi connectivity index (χ0n) is 13.6. The van der Waals surface area contributed by atoms with Gasteiger partial charge in [0, 0.05) is 43.4 Å². The van der Waals surface area contributed by atoms with E-state index < -0.39 is 0 Å². The van der Waals surface area contributed by atoms with Crippen molar-refractivity contribution in [1.29, 1.82) is 0 Å². The average Bonchev–Trinajstić information content (AvgIpc) is 3.19. The summed E-state index contributed by atoms with van der Waals surface area (Å²) < 4.78 is 2.02. The average molecular weight is 310 g/mol. The van der Waals surface area contributed by atoms with Crippen LogP contribution in [0.1, 0.15) is 17.0 Å². The third-order valence-corrected chi connectivity index (χ3v) is 5.22. The number of aryl methyl sites for hydroxylation is 1. The van der Waals surface area contributed by atoms with Crippen LogP contribution in [-0.4, -0.2) is 40.2 Å². The summed E-state index contributed by atoms with van der Waals surface area (Å²) in [5.74, 6) is 0.887. The van der Waals surface area contributed by atoms with Gasteiger partial charge in [-0.25, -0.2) is 4.68 Å². The first-order valence-corrected chi connectivity index (χ1v) is 8.24. The molecule has 2 aliphatic rings. The van der Waals surface area contributed by atoms with Crippen LogP contribution in [0.4, 0.5) is 0 Å². The molecule has 4 rings (SSSR count). The van der Waals surface area contributed by atoms with Crippen LogP contribution in [0.15, 0.2) is 30.3 Å². The van der Waals surface area contributed by atoms with Gasteiger partial charge in [-0.1, -0.05) is 18.2 Å². The highest BCUT2D eigenvalue weighted by atomic mass is 16.2. The number of hydrogen-bond donors (Lipinski definition) is 1. The SMILES string of the molecule is Cc1nn(-c2ccccc2)c(C)c1CN1C[C@@H]2CNC(=O)[C@@H]2C1. The van der Waals surface area contributed by atoms with Gasteiger partial charge in [0.15, 0.2) is 0 Å². The molecule has 0 saturated carbocycles. The van der Waals surface area contributed by atoms with Crippen LogP contribution in [0.5, 0.6) is 0 Å². The number of amides is 1. The van der Waals surface area contributed by atoms with E-state index in [0.29, 0.717) is 5.92 Å². The van der Waals surface area contributed by atoms with Crippen LogP contribution in [0, 0.1) is 25.7 Å². The lowest BCUT2D eigenvalue weighted by atomic mass is 10.0.